The van der Waals surface area contributed by atoms with Gasteiger partial charge >= 0.3 is 0 Å². The van der Waals surface area contributed by atoms with Crippen LogP contribution < -0.4 is 0 Å². The van der Waals surface area contributed by atoms with Crippen LogP contribution in [0.5, 0.6) is 0 Å². The molecule has 0 N–H and O–H groups in total. The third-order valence-corrected chi connectivity index (χ3v) is 2.44. The van der Waals surface area contributed by atoms with E-state index in [0.29, 0.717) is 11.8 Å². The molecular weight excluding hydrogens is 172 g/mol. The number of hydrogen-bond donors (Lipinski definition) is 0. The van der Waals surface area contributed by atoms with Crippen molar-refractivity contribution in [3.63, 3.8) is 0 Å². The Morgan fingerprint density at radius 2 is 1.71 bits per heavy atom. The molecule has 0 bridgehead atoms. The third-order valence-electron chi connectivity index (χ3n) is 2.44. The van der Waals surface area contributed by atoms with Gasteiger partial charge in [-0.25, -0.2) is 0 Å². The molecule has 0 fully saturated rings. The van der Waals surface area contributed by atoms with Gasteiger partial charge in [0, 0.05) is 0 Å². The minimum atomic E-state index is 0.467. The number of aryl methyl sites for hydroxylation is 1. The summed E-state index contributed by atoms with van der Waals surface area (Å²) >= 11 is 0. The number of nitrogens with zero attached hydrogens (tertiary/aromatic N) is 2. The minimum Gasteiger partial charge on any atom is -0.155 e. The first kappa shape index (κ1) is 11.2. The summed E-state index contributed by atoms with van der Waals surface area (Å²) in [6.07, 6.45) is 1.04. The highest BCUT2D eigenvalue weighted by Gasteiger charge is 2.10. The molecule has 0 aliphatic carbocycles. The number of aromatic nitrogens is 2. The molecule has 0 saturated carbocycles. The molecule has 0 radical (unpaired) electrons. The van der Waals surface area contributed by atoms with Gasteiger partial charge in [-0.1, -0.05) is 34.6 Å². The van der Waals surface area contributed by atoms with Gasteiger partial charge < -0.3 is 0 Å². The fourth-order valence-electron chi connectivity index (χ4n) is 1.51. The minimum absolute atomic E-state index is 0.467. The Morgan fingerprint density at radius 1 is 1.07 bits per heavy atom. The van der Waals surface area contributed by atoms with Crippen molar-refractivity contribution in [2.75, 3.05) is 0 Å². The molecule has 0 aliphatic heterocycles. The highest BCUT2D eigenvalue weighted by molar-refractivity contribution is 5.24. The van der Waals surface area contributed by atoms with Crippen LogP contribution in [0.2, 0.25) is 0 Å². The van der Waals surface area contributed by atoms with Crippen LogP contribution in [0.1, 0.15) is 63.4 Å². The Kier molecular flexibility index (Phi) is 3.62. The van der Waals surface area contributed by atoms with Crippen LogP contribution in [-0.2, 0) is 6.42 Å². The Morgan fingerprint density at radius 3 is 2.14 bits per heavy atom. The summed E-state index contributed by atoms with van der Waals surface area (Å²) in [5, 5.41) is 8.58. The van der Waals surface area contributed by atoms with Crippen molar-refractivity contribution in [1.29, 1.82) is 0 Å². The average Bonchev–Trinajstić information content (AvgIpc) is 2.16. The Hall–Kier alpha value is -0.920. The normalized spacial score (nSPS) is 11.4. The molecule has 0 atom stereocenters. The number of rotatable bonds is 3. The second kappa shape index (κ2) is 4.54. The van der Waals surface area contributed by atoms with E-state index in [-0.39, 0.29) is 0 Å². The van der Waals surface area contributed by atoms with E-state index >= 15 is 0 Å². The lowest BCUT2D eigenvalue weighted by molar-refractivity contribution is 0.716. The van der Waals surface area contributed by atoms with E-state index in [9.17, 15) is 0 Å². The SMILES string of the molecule is CCc1cc(C(C)C)nnc1C(C)C. The van der Waals surface area contributed by atoms with Gasteiger partial charge in [0.1, 0.15) is 0 Å². The highest BCUT2D eigenvalue weighted by Crippen LogP contribution is 2.20. The van der Waals surface area contributed by atoms with Crippen LogP contribution >= 0.6 is 0 Å². The summed E-state index contributed by atoms with van der Waals surface area (Å²) in [5.74, 6) is 0.938. The Labute approximate surface area is 86.8 Å². The van der Waals surface area contributed by atoms with E-state index in [4.69, 9.17) is 0 Å². The maximum Gasteiger partial charge on any atom is 0.0688 e. The lowest BCUT2D eigenvalue weighted by Crippen LogP contribution is -2.05. The molecule has 1 aromatic heterocycles. The van der Waals surface area contributed by atoms with Gasteiger partial charge in [0.2, 0.25) is 0 Å². The van der Waals surface area contributed by atoms with Crippen LogP contribution in [0.25, 0.3) is 0 Å². The van der Waals surface area contributed by atoms with Crippen LogP contribution in [0.15, 0.2) is 6.07 Å². The first-order chi connectivity index (χ1) is 6.56. The van der Waals surface area contributed by atoms with Gasteiger partial charge in [0.25, 0.3) is 0 Å². The van der Waals surface area contributed by atoms with E-state index in [1.807, 2.05) is 0 Å². The summed E-state index contributed by atoms with van der Waals surface area (Å²) in [6, 6.07) is 2.20. The lowest BCUT2D eigenvalue weighted by Gasteiger charge is -2.12. The predicted octanol–water partition coefficient (Wildman–Crippen LogP) is 3.29. The predicted molar refractivity (Wildman–Crippen MR) is 59.6 cm³/mol. The molecule has 0 amide bonds. The largest absolute Gasteiger partial charge is 0.155 e. The smallest absolute Gasteiger partial charge is 0.0688 e. The van der Waals surface area contributed by atoms with E-state index in [0.717, 1.165) is 17.8 Å². The molecule has 2 nitrogen and oxygen atoms in total. The molecule has 14 heavy (non-hydrogen) atoms. The summed E-state index contributed by atoms with van der Waals surface area (Å²) in [6.45, 7) is 10.8. The van der Waals surface area contributed by atoms with Gasteiger partial charge in [-0.15, -0.1) is 0 Å². The van der Waals surface area contributed by atoms with Crippen LogP contribution in [0.3, 0.4) is 0 Å². The standard InChI is InChI=1S/C12H20N2/c1-6-10-7-11(8(2)3)13-14-12(10)9(4)5/h7-9H,6H2,1-5H3. The molecule has 1 aromatic rings. The van der Waals surface area contributed by atoms with Crippen molar-refractivity contribution < 1.29 is 0 Å². The van der Waals surface area contributed by atoms with Gasteiger partial charge in [-0.05, 0) is 29.9 Å². The Bertz CT molecular complexity index is 303. The fraction of sp³-hybridized carbons (Fsp3) is 0.667. The maximum atomic E-state index is 4.32. The van der Waals surface area contributed by atoms with Crippen molar-refractivity contribution in [2.45, 2.75) is 52.9 Å². The van der Waals surface area contributed by atoms with Gasteiger partial charge in [0.15, 0.2) is 0 Å². The van der Waals surface area contributed by atoms with Crippen molar-refractivity contribution in [2.24, 2.45) is 0 Å². The zero-order valence-corrected chi connectivity index (χ0v) is 9.83. The first-order valence-electron chi connectivity index (χ1n) is 5.42. The van der Waals surface area contributed by atoms with Crippen molar-refractivity contribution in [3.8, 4) is 0 Å². The lowest BCUT2D eigenvalue weighted by atomic mass is 10.00. The summed E-state index contributed by atoms with van der Waals surface area (Å²) in [5.41, 5.74) is 3.60. The molecule has 0 saturated heterocycles. The van der Waals surface area contributed by atoms with Crippen LogP contribution in [-0.4, -0.2) is 10.2 Å². The molecule has 1 rings (SSSR count). The van der Waals surface area contributed by atoms with Gasteiger partial charge in [-0.3, -0.25) is 0 Å². The van der Waals surface area contributed by atoms with E-state index < -0.39 is 0 Å². The van der Waals surface area contributed by atoms with Crippen molar-refractivity contribution in [1.82, 2.24) is 10.2 Å². The molecular formula is C12H20N2. The fourth-order valence-corrected chi connectivity index (χ4v) is 1.51. The summed E-state index contributed by atoms with van der Waals surface area (Å²) in [4.78, 5) is 0. The molecule has 0 aromatic carbocycles. The highest BCUT2D eigenvalue weighted by atomic mass is 15.1. The maximum absolute atomic E-state index is 4.32. The van der Waals surface area contributed by atoms with Crippen LogP contribution in [0.4, 0.5) is 0 Å². The van der Waals surface area contributed by atoms with Crippen molar-refractivity contribution >= 4 is 0 Å². The Balaban J connectivity index is 3.11. The van der Waals surface area contributed by atoms with Gasteiger partial charge in [-0.2, -0.15) is 10.2 Å². The monoisotopic (exact) mass is 192 g/mol. The molecule has 78 valence electrons. The molecule has 2 heteroatoms. The second-order valence-electron chi connectivity index (χ2n) is 4.34. The van der Waals surface area contributed by atoms with Crippen molar-refractivity contribution in [3.05, 3.63) is 23.0 Å². The topological polar surface area (TPSA) is 25.8 Å². The summed E-state index contributed by atoms with van der Waals surface area (Å²) in [7, 11) is 0. The zero-order chi connectivity index (χ0) is 10.7. The number of hydrogen-bond acceptors (Lipinski definition) is 2. The molecule has 0 unspecified atom stereocenters. The van der Waals surface area contributed by atoms with Gasteiger partial charge in [0.05, 0.1) is 11.4 Å². The molecule has 0 spiro atoms. The van der Waals surface area contributed by atoms with E-state index in [2.05, 4.69) is 50.9 Å². The molecule has 1 heterocycles. The average molecular weight is 192 g/mol. The zero-order valence-electron chi connectivity index (χ0n) is 9.83. The summed E-state index contributed by atoms with van der Waals surface area (Å²) < 4.78 is 0. The van der Waals surface area contributed by atoms with Crippen LogP contribution in [0, 0.1) is 0 Å². The van der Waals surface area contributed by atoms with E-state index in [1.54, 1.807) is 0 Å². The quantitative estimate of drug-likeness (QED) is 0.734. The third kappa shape index (κ3) is 2.31. The second-order valence-corrected chi connectivity index (χ2v) is 4.34. The molecule has 0 aliphatic rings. The first-order valence-corrected chi connectivity index (χ1v) is 5.42. The van der Waals surface area contributed by atoms with E-state index in [1.165, 1.54) is 5.56 Å².